The minimum Gasteiger partial charge on any atom is -0.410 e. The van der Waals surface area contributed by atoms with Crippen LogP contribution in [0.25, 0.3) is 0 Å². The molecule has 1 aliphatic carbocycles. The highest BCUT2D eigenvalue weighted by Crippen LogP contribution is 2.26. The normalized spacial score (nSPS) is 18.7. The van der Waals surface area contributed by atoms with E-state index in [0.29, 0.717) is 16.9 Å². The second-order valence-electron chi connectivity index (χ2n) is 8.58. The first kappa shape index (κ1) is 26.9. The number of methoxy groups -OCH3 is 1. The topological polar surface area (TPSA) is 51.2 Å². The standard InChI is InChI=1S/C25H41ClN2O4/c1-4-28(18-20-30-3)17-7-5-6-8-19-31-23-15-11-22(12-16-23)27(2)25(29)32-24-13-9-21(26)10-14-24/h9-10,13-14,22-23H,4-8,11-12,15-20H2,1-3H3. The summed E-state index contributed by atoms with van der Waals surface area (Å²) in [6.45, 7) is 7.11. The summed E-state index contributed by atoms with van der Waals surface area (Å²) in [5, 5.41) is 0.623. The number of hydrogen-bond acceptors (Lipinski definition) is 5. The molecule has 0 saturated heterocycles. The van der Waals surface area contributed by atoms with Gasteiger partial charge in [0.15, 0.2) is 0 Å². The van der Waals surface area contributed by atoms with Crippen LogP contribution < -0.4 is 4.74 Å². The minimum atomic E-state index is -0.319. The fourth-order valence-electron chi connectivity index (χ4n) is 4.11. The van der Waals surface area contributed by atoms with Gasteiger partial charge in [0.05, 0.1) is 12.7 Å². The molecule has 1 aliphatic rings. The maximum absolute atomic E-state index is 12.4. The molecule has 182 valence electrons. The molecule has 0 bridgehead atoms. The van der Waals surface area contributed by atoms with Gasteiger partial charge in [0, 0.05) is 38.4 Å². The predicted molar refractivity (Wildman–Crippen MR) is 130 cm³/mol. The van der Waals surface area contributed by atoms with Crippen molar-refractivity contribution in [3.8, 4) is 5.75 Å². The van der Waals surface area contributed by atoms with E-state index in [1.165, 1.54) is 19.3 Å². The first-order valence-corrected chi connectivity index (χ1v) is 12.4. The van der Waals surface area contributed by atoms with E-state index in [2.05, 4.69) is 11.8 Å². The molecular formula is C25H41ClN2O4. The Balaban J connectivity index is 1.53. The number of nitrogens with zero attached hydrogens (tertiary/aromatic N) is 2. The Bertz CT molecular complexity index is 635. The number of unbranched alkanes of at least 4 members (excludes halogenated alkanes) is 3. The summed E-state index contributed by atoms with van der Waals surface area (Å²) in [7, 11) is 3.58. The van der Waals surface area contributed by atoms with Crippen LogP contribution in [0.3, 0.4) is 0 Å². The lowest BCUT2D eigenvalue weighted by Crippen LogP contribution is -2.42. The number of amides is 1. The highest BCUT2D eigenvalue weighted by Gasteiger charge is 2.27. The average Bonchev–Trinajstić information content (AvgIpc) is 2.81. The quantitative estimate of drug-likeness (QED) is 0.331. The molecule has 1 fully saturated rings. The van der Waals surface area contributed by atoms with Crippen molar-refractivity contribution in [2.75, 3.05) is 47.0 Å². The predicted octanol–water partition coefficient (Wildman–Crippen LogP) is 5.63. The van der Waals surface area contributed by atoms with Crippen LogP contribution in [0.15, 0.2) is 24.3 Å². The van der Waals surface area contributed by atoms with Crippen molar-refractivity contribution >= 4 is 17.7 Å². The van der Waals surface area contributed by atoms with Crippen LogP contribution in [0, 0.1) is 0 Å². The monoisotopic (exact) mass is 468 g/mol. The Kier molecular flexibility index (Phi) is 13.0. The number of hydrogen-bond donors (Lipinski definition) is 0. The maximum Gasteiger partial charge on any atom is 0.415 e. The summed E-state index contributed by atoms with van der Waals surface area (Å²) in [4.78, 5) is 16.6. The third kappa shape index (κ3) is 10.1. The summed E-state index contributed by atoms with van der Waals surface area (Å²) in [6, 6.07) is 7.06. The highest BCUT2D eigenvalue weighted by molar-refractivity contribution is 6.30. The average molecular weight is 469 g/mol. The van der Waals surface area contributed by atoms with E-state index < -0.39 is 0 Å². The molecule has 0 atom stereocenters. The minimum absolute atomic E-state index is 0.203. The summed E-state index contributed by atoms with van der Waals surface area (Å²) in [5.74, 6) is 0.514. The van der Waals surface area contributed by atoms with Gasteiger partial charge >= 0.3 is 6.09 Å². The van der Waals surface area contributed by atoms with E-state index in [-0.39, 0.29) is 12.1 Å². The molecule has 0 radical (unpaired) electrons. The van der Waals surface area contributed by atoms with Crippen LogP contribution in [-0.4, -0.2) is 75.0 Å². The molecular weight excluding hydrogens is 428 g/mol. The van der Waals surface area contributed by atoms with Gasteiger partial charge in [-0.2, -0.15) is 0 Å². The summed E-state index contributed by atoms with van der Waals surface area (Å²) < 4.78 is 16.7. The van der Waals surface area contributed by atoms with Crippen LogP contribution in [0.5, 0.6) is 5.75 Å². The molecule has 32 heavy (non-hydrogen) atoms. The van der Waals surface area contributed by atoms with Crippen LogP contribution in [0.4, 0.5) is 4.79 Å². The molecule has 0 aliphatic heterocycles. The van der Waals surface area contributed by atoms with Crippen molar-refractivity contribution in [1.29, 1.82) is 0 Å². The van der Waals surface area contributed by atoms with E-state index >= 15 is 0 Å². The first-order valence-electron chi connectivity index (χ1n) is 12.1. The van der Waals surface area contributed by atoms with Crippen LogP contribution in [0.2, 0.25) is 5.02 Å². The van der Waals surface area contributed by atoms with Gasteiger partial charge in [-0.15, -0.1) is 0 Å². The van der Waals surface area contributed by atoms with Gasteiger partial charge in [0.25, 0.3) is 0 Å². The number of benzene rings is 1. The Labute approximate surface area is 199 Å². The largest absolute Gasteiger partial charge is 0.415 e. The van der Waals surface area contributed by atoms with Gasteiger partial charge in [-0.1, -0.05) is 31.4 Å². The second kappa shape index (κ2) is 15.5. The SMILES string of the molecule is CCN(CCCCCCOC1CCC(N(C)C(=O)Oc2ccc(Cl)cc2)CC1)CCOC. The number of likely N-dealkylation sites (N-methyl/N-ethyl adjacent to an activating group) is 1. The molecule has 1 saturated carbocycles. The summed E-state index contributed by atoms with van der Waals surface area (Å²) >= 11 is 5.88. The third-order valence-electron chi connectivity index (χ3n) is 6.28. The first-order chi connectivity index (χ1) is 15.5. The van der Waals surface area contributed by atoms with Gasteiger partial charge in [-0.05, 0) is 75.9 Å². The Hall–Kier alpha value is -1.34. The van der Waals surface area contributed by atoms with Crippen LogP contribution in [-0.2, 0) is 9.47 Å². The van der Waals surface area contributed by atoms with Gasteiger partial charge in [0.1, 0.15) is 5.75 Å². The molecule has 0 unspecified atom stereocenters. The van der Waals surface area contributed by atoms with Gasteiger partial charge < -0.3 is 24.0 Å². The fraction of sp³-hybridized carbons (Fsp3) is 0.720. The fourth-order valence-corrected chi connectivity index (χ4v) is 4.24. The summed E-state index contributed by atoms with van der Waals surface area (Å²) in [5.41, 5.74) is 0. The zero-order valence-corrected chi connectivity index (χ0v) is 20.8. The van der Waals surface area contributed by atoms with Gasteiger partial charge in [-0.25, -0.2) is 4.79 Å². The molecule has 6 nitrogen and oxygen atoms in total. The maximum atomic E-state index is 12.4. The van der Waals surface area contributed by atoms with Crippen LogP contribution >= 0.6 is 11.6 Å². The van der Waals surface area contributed by atoms with E-state index in [1.54, 1.807) is 36.3 Å². The van der Waals surface area contributed by atoms with Crippen molar-refractivity contribution in [2.24, 2.45) is 0 Å². The van der Waals surface area contributed by atoms with E-state index in [4.69, 9.17) is 25.8 Å². The zero-order chi connectivity index (χ0) is 23.2. The Morgan fingerprint density at radius 3 is 2.34 bits per heavy atom. The van der Waals surface area contributed by atoms with Crippen molar-refractivity contribution in [3.05, 3.63) is 29.3 Å². The molecule has 0 N–H and O–H groups in total. The summed E-state index contributed by atoms with van der Waals surface area (Å²) in [6.07, 6.45) is 8.71. The van der Waals surface area contributed by atoms with Gasteiger partial charge in [-0.3, -0.25) is 0 Å². The number of halogens is 1. The molecule has 1 aromatic rings. The van der Waals surface area contributed by atoms with E-state index in [0.717, 1.165) is 65.0 Å². The van der Waals surface area contributed by atoms with Crippen LogP contribution in [0.1, 0.15) is 58.3 Å². The zero-order valence-electron chi connectivity index (χ0n) is 20.1. The molecule has 0 spiro atoms. The van der Waals surface area contributed by atoms with E-state index in [1.807, 2.05) is 7.05 Å². The lowest BCUT2D eigenvalue weighted by atomic mass is 9.92. The molecule has 2 rings (SSSR count). The molecule has 1 aromatic carbocycles. The number of ether oxygens (including phenoxy) is 3. The lowest BCUT2D eigenvalue weighted by Gasteiger charge is -2.34. The molecule has 7 heteroatoms. The third-order valence-corrected chi connectivity index (χ3v) is 6.53. The molecule has 0 aromatic heterocycles. The second-order valence-corrected chi connectivity index (χ2v) is 9.01. The number of rotatable bonds is 14. The highest BCUT2D eigenvalue weighted by atomic mass is 35.5. The van der Waals surface area contributed by atoms with Gasteiger partial charge in [0.2, 0.25) is 0 Å². The number of carbonyl (C=O) groups is 1. The van der Waals surface area contributed by atoms with E-state index in [9.17, 15) is 4.79 Å². The van der Waals surface area contributed by atoms with Crippen molar-refractivity contribution in [2.45, 2.75) is 70.4 Å². The number of carbonyl (C=O) groups excluding carboxylic acids is 1. The molecule has 0 heterocycles. The van der Waals surface area contributed by atoms with Crippen molar-refractivity contribution in [3.63, 3.8) is 0 Å². The molecule has 1 amide bonds. The van der Waals surface area contributed by atoms with Crippen molar-refractivity contribution < 1.29 is 19.0 Å². The van der Waals surface area contributed by atoms with Crippen molar-refractivity contribution in [1.82, 2.24) is 9.80 Å². The Morgan fingerprint density at radius 2 is 1.69 bits per heavy atom. The lowest BCUT2D eigenvalue weighted by molar-refractivity contribution is 0.0104. The smallest absolute Gasteiger partial charge is 0.410 e. The Morgan fingerprint density at radius 1 is 1.00 bits per heavy atom.